The number of sulfonamides is 1. The van der Waals surface area contributed by atoms with Gasteiger partial charge in [-0.1, -0.05) is 12.1 Å². The fourth-order valence-electron chi connectivity index (χ4n) is 1.66. The molecule has 0 atom stereocenters. The van der Waals surface area contributed by atoms with Gasteiger partial charge in [0.05, 0.1) is 0 Å². The van der Waals surface area contributed by atoms with Crippen LogP contribution in [-0.4, -0.2) is 31.8 Å². The number of pyridine rings is 1. The van der Waals surface area contributed by atoms with E-state index in [4.69, 9.17) is 0 Å². The average molecular weight is 280 g/mol. The summed E-state index contributed by atoms with van der Waals surface area (Å²) in [5.41, 5.74) is 0.827. The zero-order valence-electron chi connectivity index (χ0n) is 10.5. The molecule has 0 spiro atoms. The average Bonchev–Trinajstić information content (AvgIpc) is 2.39. The fraction of sp³-hybridized carbons (Fsp3) is 0.154. The first kappa shape index (κ1) is 13.6. The first-order valence-electron chi connectivity index (χ1n) is 5.56. The smallest absolute Gasteiger partial charge is 0.245 e. The molecule has 1 aromatic heterocycles. The highest BCUT2D eigenvalue weighted by Crippen LogP contribution is 2.27. The van der Waals surface area contributed by atoms with Crippen LogP contribution >= 0.6 is 0 Å². The Kier molecular flexibility index (Phi) is 3.64. The second-order valence-corrected chi connectivity index (χ2v) is 6.26. The molecule has 0 bridgehead atoms. The summed E-state index contributed by atoms with van der Waals surface area (Å²) in [5, 5.41) is 0. The Bertz CT molecular complexity index is 685. The van der Waals surface area contributed by atoms with Gasteiger partial charge in [-0.25, -0.2) is 17.1 Å². The van der Waals surface area contributed by atoms with Gasteiger partial charge in [-0.05, 0) is 23.8 Å². The normalized spacial score (nSPS) is 11.8. The number of benzene rings is 1. The molecular formula is C13H13FN2O2S. The summed E-state index contributed by atoms with van der Waals surface area (Å²) in [4.78, 5) is 3.52. The van der Waals surface area contributed by atoms with Crippen LogP contribution in [0.5, 0.6) is 0 Å². The summed E-state index contributed by atoms with van der Waals surface area (Å²) in [6.45, 7) is 0. The lowest BCUT2D eigenvalue weighted by molar-refractivity contribution is 0.508. The van der Waals surface area contributed by atoms with Crippen molar-refractivity contribution in [3.8, 4) is 11.1 Å². The number of halogens is 1. The van der Waals surface area contributed by atoms with Crippen LogP contribution in [0.2, 0.25) is 0 Å². The summed E-state index contributed by atoms with van der Waals surface area (Å²) >= 11 is 0. The molecule has 0 unspecified atom stereocenters. The molecule has 0 aliphatic carbocycles. The molecule has 0 aliphatic heterocycles. The number of hydrogen-bond acceptors (Lipinski definition) is 3. The summed E-state index contributed by atoms with van der Waals surface area (Å²) in [6.07, 6.45) is 3.06. The highest BCUT2D eigenvalue weighted by molar-refractivity contribution is 7.89. The van der Waals surface area contributed by atoms with Crippen molar-refractivity contribution in [1.29, 1.82) is 0 Å². The van der Waals surface area contributed by atoms with Crippen LogP contribution in [0.15, 0.2) is 47.6 Å². The number of aromatic nitrogens is 1. The predicted molar refractivity (Wildman–Crippen MR) is 70.5 cm³/mol. The Morgan fingerprint density at radius 1 is 1.11 bits per heavy atom. The SMILES string of the molecule is CN(C)S(=O)(=O)c1cccc(-c2ccncc2)c1F. The summed E-state index contributed by atoms with van der Waals surface area (Å²) in [6, 6.07) is 7.58. The van der Waals surface area contributed by atoms with Crippen LogP contribution in [0.25, 0.3) is 11.1 Å². The Labute approximate surface area is 111 Å². The van der Waals surface area contributed by atoms with E-state index >= 15 is 0 Å². The monoisotopic (exact) mass is 280 g/mol. The lowest BCUT2D eigenvalue weighted by atomic mass is 10.1. The molecule has 0 fully saturated rings. The lowest BCUT2D eigenvalue weighted by Crippen LogP contribution is -2.23. The molecule has 0 saturated carbocycles. The maximum Gasteiger partial charge on any atom is 0.245 e. The van der Waals surface area contributed by atoms with Crippen LogP contribution < -0.4 is 0 Å². The molecule has 1 aromatic carbocycles. The van der Waals surface area contributed by atoms with E-state index in [9.17, 15) is 12.8 Å². The molecule has 0 aliphatic rings. The molecular weight excluding hydrogens is 267 g/mol. The Balaban J connectivity index is 2.64. The van der Waals surface area contributed by atoms with E-state index in [2.05, 4.69) is 4.98 Å². The third-order valence-corrected chi connectivity index (χ3v) is 4.55. The maximum atomic E-state index is 14.4. The van der Waals surface area contributed by atoms with Gasteiger partial charge in [-0.3, -0.25) is 4.98 Å². The van der Waals surface area contributed by atoms with Crippen molar-refractivity contribution in [3.05, 3.63) is 48.5 Å². The zero-order chi connectivity index (χ0) is 14.0. The van der Waals surface area contributed by atoms with Gasteiger partial charge < -0.3 is 0 Å². The second-order valence-electron chi connectivity index (χ2n) is 4.14. The first-order valence-corrected chi connectivity index (χ1v) is 7.00. The number of hydrogen-bond donors (Lipinski definition) is 0. The lowest BCUT2D eigenvalue weighted by Gasteiger charge is -2.13. The first-order chi connectivity index (χ1) is 8.94. The number of rotatable bonds is 3. The van der Waals surface area contributed by atoms with Crippen molar-refractivity contribution >= 4 is 10.0 Å². The van der Waals surface area contributed by atoms with Crippen LogP contribution in [0.1, 0.15) is 0 Å². The van der Waals surface area contributed by atoms with E-state index in [1.54, 1.807) is 18.2 Å². The van der Waals surface area contributed by atoms with E-state index in [1.165, 1.54) is 38.6 Å². The van der Waals surface area contributed by atoms with Gasteiger partial charge in [-0.2, -0.15) is 0 Å². The molecule has 19 heavy (non-hydrogen) atoms. The van der Waals surface area contributed by atoms with E-state index in [0.29, 0.717) is 5.56 Å². The second kappa shape index (κ2) is 5.07. The summed E-state index contributed by atoms with van der Waals surface area (Å²) in [5.74, 6) is -0.748. The van der Waals surface area contributed by atoms with Gasteiger partial charge in [0.1, 0.15) is 4.90 Å². The van der Waals surface area contributed by atoms with Gasteiger partial charge in [0.2, 0.25) is 10.0 Å². The quantitative estimate of drug-likeness (QED) is 0.865. The molecule has 2 aromatic rings. The minimum absolute atomic E-state index is 0.241. The highest BCUT2D eigenvalue weighted by Gasteiger charge is 2.23. The molecule has 0 N–H and O–H groups in total. The van der Waals surface area contributed by atoms with Crippen LogP contribution in [-0.2, 0) is 10.0 Å². The zero-order valence-corrected chi connectivity index (χ0v) is 11.4. The molecule has 2 rings (SSSR count). The van der Waals surface area contributed by atoms with Crippen LogP contribution in [0, 0.1) is 5.82 Å². The predicted octanol–water partition coefficient (Wildman–Crippen LogP) is 2.14. The summed E-state index contributed by atoms with van der Waals surface area (Å²) < 4.78 is 39.4. The minimum atomic E-state index is -3.80. The Morgan fingerprint density at radius 2 is 1.74 bits per heavy atom. The van der Waals surface area contributed by atoms with Crippen molar-refractivity contribution in [3.63, 3.8) is 0 Å². The van der Waals surface area contributed by atoms with Crippen LogP contribution in [0.4, 0.5) is 4.39 Å². The molecule has 0 radical (unpaired) electrons. The standard InChI is InChI=1S/C13H13FN2O2S/c1-16(2)19(17,18)12-5-3-4-11(13(12)14)10-6-8-15-9-7-10/h3-9H,1-2H3. The molecule has 0 amide bonds. The minimum Gasteiger partial charge on any atom is -0.265 e. The summed E-state index contributed by atoms with van der Waals surface area (Å²) in [7, 11) is -1.06. The van der Waals surface area contributed by atoms with Crippen molar-refractivity contribution in [2.75, 3.05) is 14.1 Å². The fourth-order valence-corrected chi connectivity index (χ4v) is 2.64. The maximum absolute atomic E-state index is 14.4. The van der Waals surface area contributed by atoms with Crippen LogP contribution in [0.3, 0.4) is 0 Å². The highest BCUT2D eigenvalue weighted by atomic mass is 32.2. The van der Waals surface area contributed by atoms with Gasteiger partial charge in [0.15, 0.2) is 5.82 Å². The van der Waals surface area contributed by atoms with E-state index in [-0.39, 0.29) is 10.5 Å². The third-order valence-electron chi connectivity index (χ3n) is 2.71. The molecule has 4 nitrogen and oxygen atoms in total. The van der Waals surface area contributed by atoms with Crippen molar-refractivity contribution < 1.29 is 12.8 Å². The van der Waals surface area contributed by atoms with E-state index in [0.717, 1.165) is 4.31 Å². The number of nitrogens with zero attached hydrogens (tertiary/aromatic N) is 2. The van der Waals surface area contributed by atoms with Crippen molar-refractivity contribution in [1.82, 2.24) is 9.29 Å². The Hall–Kier alpha value is -1.79. The van der Waals surface area contributed by atoms with E-state index < -0.39 is 15.8 Å². The molecule has 6 heteroatoms. The third kappa shape index (κ3) is 2.50. The largest absolute Gasteiger partial charge is 0.265 e. The van der Waals surface area contributed by atoms with Gasteiger partial charge in [-0.15, -0.1) is 0 Å². The van der Waals surface area contributed by atoms with Gasteiger partial charge in [0, 0.05) is 32.1 Å². The van der Waals surface area contributed by atoms with Crippen molar-refractivity contribution in [2.24, 2.45) is 0 Å². The van der Waals surface area contributed by atoms with Crippen molar-refractivity contribution in [2.45, 2.75) is 4.90 Å². The topological polar surface area (TPSA) is 50.3 Å². The Morgan fingerprint density at radius 3 is 2.32 bits per heavy atom. The van der Waals surface area contributed by atoms with Gasteiger partial charge >= 0.3 is 0 Å². The molecule has 1 heterocycles. The van der Waals surface area contributed by atoms with E-state index in [1.807, 2.05) is 0 Å². The molecule has 100 valence electrons. The van der Waals surface area contributed by atoms with Gasteiger partial charge in [0.25, 0.3) is 0 Å². The molecule has 0 saturated heterocycles.